The molecule has 0 amide bonds. The second-order valence-corrected chi connectivity index (χ2v) is 4.10. The van der Waals surface area contributed by atoms with Crippen molar-refractivity contribution in [2.75, 3.05) is 59.7 Å². The van der Waals surface area contributed by atoms with Crippen molar-refractivity contribution in [3.63, 3.8) is 0 Å². The summed E-state index contributed by atoms with van der Waals surface area (Å²) in [4.78, 5) is 6.67. The third-order valence-electron chi connectivity index (χ3n) is 2.74. The number of nitrogens with zero attached hydrogens (tertiary/aromatic N) is 2. The van der Waals surface area contributed by atoms with Crippen molar-refractivity contribution in [3.8, 4) is 0 Å². The van der Waals surface area contributed by atoms with Crippen LogP contribution in [0.3, 0.4) is 0 Å². The molecule has 7 nitrogen and oxygen atoms in total. The second-order valence-electron chi connectivity index (χ2n) is 4.10. The smallest absolute Gasteiger partial charge is 0.205 e. The van der Waals surface area contributed by atoms with Crippen LogP contribution in [-0.2, 0) is 9.47 Å². The summed E-state index contributed by atoms with van der Waals surface area (Å²) in [5.41, 5.74) is 2.57. The number of hydrazine groups is 1. The van der Waals surface area contributed by atoms with Crippen LogP contribution in [0.2, 0.25) is 0 Å². The molecule has 0 radical (unpaired) electrons. The molecule has 1 rings (SSSR count). The minimum Gasteiger partial charge on any atom is -0.385 e. The van der Waals surface area contributed by atoms with E-state index in [4.69, 9.17) is 15.3 Å². The van der Waals surface area contributed by atoms with E-state index in [1.807, 2.05) is 0 Å². The Morgan fingerprint density at radius 2 is 2.22 bits per heavy atom. The molecule has 7 heteroatoms. The molecule has 1 aliphatic rings. The van der Waals surface area contributed by atoms with E-state index in [2.05, 4.69) is 20.6 Å². The van der Waals surface area contributed by atoms with Gasteiger partial charge in [-0.05, 0) is 6.42 Å². The van der Waals surface area contributed by atoms with E-state index >= 15 is 0 Å². The number of nitrogens with two attached hydrogens (primary N) is 1. The maximum absolute atomic E-state index is 5.40. The zero-order valence-electron chi connectivity index (χ0n) is 11.2. The maximum atomic E-state index is 5.40. The molecule has 0 aromatic carbocycles. The standard InChI is InChI=1S/C11H25N5O2/c1-17-8-2-3-13-11(15-12)14-4-5-16-6-9-18-10-7-16/h2-10,12H2,1H3,(H2,13,14,15). The summed E-state index contributed by atoms with van der Waals surface area (Å²) in [6.45, 7) is 6.87. The molecule has 0 unspecified atom stereocenters. The van der Waals surface area contributed by atoms with Gasteiger partial charge in [0.15, 0.2) is 0 Å². The van der Waals surface area contributed by atoms with Crippen molar-refractivity contribution in [3.05, 3.63) is 0 Å². The summed E-state index contributed by atoms with van der Waals surface area (Å²) < 4.78 is 10.3. The third-order valence-corrected chi connectivity index (χ3v) is 2.74. The summed E-state index contributed by atoms with van der Waals surface area (Å²) in [7, 11) is 1.69. The summed E-state index contributed by atoms with van der Waals surface area (Å²) in [5, 5.41) is 3.18. The molecule has 0 aromatic rings. The molecule has 0 aromatic heterocycles. The Morgan fingerprint density at radius 1 is 1.44 bits per heavy atom. The van der Waals surface area contributed by atoms with Crippen molar-refractivity contribution in [2.45, 2.75) is 6.42 Å². The van der Waals surface area contributed by atoms with E-state index in [9.17, 15) is 0 Å². The van der Waals surface area contributed by atoms with Crippen molar-refractivity contribution in [2.24, 2.45) is 10.8 Å². The van der Waals surface area contributed by atoms with Gasteiger partial charge in [-0.15, -0.1) is 0 Å². The Balaban J connectivity index is 2.09. The van der Waals surface area contributed by atoms with Gasteiger partial charge in [0.25, 0.3) is 0 Å². The Morgan fingerprint density at radius 3 is 2.89 bits per heavy atom. The molecule has 0 atom stereocenters. The molecule has 1 aliphatic heterocycles. The molecule has 18 heavy (non-hydrogen) atoms. The zero-order chi connectivity index (χ0) is 13.1. The number of aliphatic imine (C=N–C) groups is 1. The van der Waals surface area contributed by atoms with E-state index in [0.29, 0.717) is 12.5 Å². The van der Waals surface area contributed by atoms with Crippen LogP contribution in [0.25, 0.3) is 0 Å². The minimum atomic E-state index is 0.638. The van der Waals surface area contributed by atoms with Crippen molar-refractivity contribution >= 4 is 5.96 Å². The number of hydrogen-bond donors (Lipinski definition) is 3. The van der Waals surface area contributed by atoms with Gasteiger partial charge in [-0.3, -0.25) is 15.3 Å². The lowest BCUT2D eigenvalue weighted by atomic mass is 10.4. The SMILES string of the molecule is COCCCN=C(NN)NCCN1CCOCC1. The van der Waals surface area contributed by atoms with Gasteiger partial charge in [0.1, 0.15) is 0 Å². The second kappa shape index (κ2) is 10.1. The van der Waals surface area contributed by atoms with Crippen molar-refractivity contribution < 1.29 is 9.47 Å². The predicted molar refractivity (Wildman–Crippen MR) is 71.4 cm³/mol. The van der Waals surface area contributed by atoms with Crippen LogP contribution in [0.15, 0.2) is 4.99 Å². The van der Waals surface area contributed by atoms with Gasteiger partial charge in [-0.2, -0.15) is 0 Å². The van der Waals surface area contributed by atoms with Gasteiger partial charge in [-0.25, -0.2) is 5.84 Å². The molecule has 106 valence electrons. The van der Waals surface area contributed by atoms with Crippen LogP contribution in [0, 0.1) is 0 Å². The lowest BCUT2D eigenvalue weighted by Gasteiger charge is -2.26. The first-order chi connectivity index (χ1) is 8.86. The highest BCUT2D eigenvalue weighted by Gasteiger charge is 2.09. The summed E-state index contributed by atoms with van der Waals surface area (Å²) in [5.74, 6) is 6.04. The summed E-state index contributed by atoms with van der Waals surface area (Å²) in [6.07, 6.45) is 0.896. The van der Waals surface area contributed by atoms with E-state index in [1.165, 1.54) is 0 Å². The van der Waals surface area contributed by atoms with Crippen molar-refractivity contribution in [1.29, 1.82) is 0 Å². The zero-order valence-corrected chi connectivity index (χ0v) is 11.2. The van der Waals surface area contributed by atoms with E-state index in [0.717, 1.165) is 52.4 Å². The fourth-order valence-corrected chi connectivity index (χ4v) is 1.71. The van der Waals surface area contributed by atoms with E-state index in [-0.39, 0.29) is 0 Å². The quantitative estimate of drug-likeness (QED) is 0.174. The van der Waals surface area contributed by atoms with Crippen molar-refractivity contribution in [1.82, 2.24) is 15.6 Å². The Labute approximate surface area is 109 Å². The van der Waals surface area contributed by atoms with Gasteiger partial charge in [-0.1, -0.05) is 0 Å². The molecule has 0 aliphatic carbocycles. The highest BCUT2D eigenvalue weighted by molar-refractivity contribution is 5.79. The topological polar surface area (TPSA) is 84.1 Å². The molecule has 1 fully saturated rings. The van der Waals surface area contributed by atoms with Crippen LogP contribution < -0.4 is 16.6 Å². The highest BCUT2D eigenvalue weighted by atomic mass is 16.5. The number of nitrogens with one attached hydrogen (secondary N) is 2. The van der Waals surface area contributed by atoms with Gasteiger partial charge >= 0.3 is 0 Å². The highest BCUT2D eigenvalue weighted by Crippen LogP contribution is 1.94. The monoisotopic (exact) mass is 259 g/mol. The lowest BCUT2D eigenvalue weighted by molar-refractivity contribution is 0.0389. The molecule has 4 N–H and O–H groups in total. The molecule has 0 bridgehead atoms. The normalized spacial score (nSPS) is 17.8. The first-order valence-electron chi connectivity index (χ1n) is 6.41. The average Bonchev–Trinajstić information content (AvgIpc) is 2.42. The van der Waals surface area contributed by atoms with E-state index in [1.54, 1.807) is 7.11 Å². The fraction of sp³-hybridized carbons (Fsp3) is 0.909. The molecule has 0 spiro atoms. The Kier molecular flexibility index (Phi) is 8.49. The molecule has 1 saturated heterocycles. The van der Waals surface area contributed by atoms with Gasteiger partial charge in [0.2, 0.25) is 5.96 Å². The number of ether oxygens (including phenoxy) is 2. The number of hydrogen-bond acceptors (Lipinski definition) is 5. The number of guanidine groups is 1. The van der Waals surface area contributed by atoms with Gasteiger partial charge < -0.3 is 14.8 Å². The van der Waals surface area contributed by atoms with Gasteiger partial charge in [0, 0.05) is 46.4 Å². The number of methoxy groups -OCH3 is 1. The number of morpholine rings is 1. The number of rotatable bonds is 7. The first kappa shape index (κ1) is 15.2. The van der Waals surface area contributed by atoms with Crippen LogP contribution in [-0.4, -0.2) is 70.5 Å². The average molecular weight is 259 g/mol. The first-order valence-corrected chi connectivity index (χ1v) is 6.41. The van der Waals surface area contributed by atoms with Crippen LogP contribution in [0.4, 0.5) is 0 Å². The van der Waals surface area contributed by atoms with Crippen LogP contribution in [0.5, 0.6) is 0 Å². The maximum Gasteiger partial charge on any atom is 0.205 e. The fourth-order valence-electron chi connectivity index (χ4n) is 1.71. The Hall–Kier alpha value is -0.890. The largest absolute Gasteiger partial charge is 0.385 e. The Bertz CT molecular complexity index is 231. The molecular weight excluding hydrogens is 234 g/mol. The lowest BCUT2D eigenvalue weighted by Crippen LogP contribution is -2.46. The van der Waals surface area contributed by atoms with Gasteiger partial charge in [0.05, 0.1) is 13.2 Å². The molecule has 1 heterocycles. The third kappa shape index (κ3) is 6.75. The molecule has 0 saturated carbocycles. The predicted octanol–water partition coefficient (Wildman–Crippen LogP) is -1.24. The summed E-state index contributed by atoms with van der Waals surface area (Å²) >= 11 is 0. The van der Waals surface area contributed by atoms with Crippen LogP contribution >= 0.6 is 0 Å². The van der Waals surface area contributed by atoms with Crippen LogP contribution in [0.1, 0.15) is 6.42 Å². The molecular formula is C11H25N5O2. The minimum absolute atomic E-state index is 0.638. The summed E-state index contributed by atoms with van der Waals surface area (Å²) in [6, 6.07) is 0. The van der Waals surface area contributed by atoms with E-state index < -0.39 is 0 Å².